The van der Waals surface area contributed by atoms with Gasteiger partial charge >= 0.3 is 0 Å². The van der Waals surface area contributed by atoms with Crippen molar-refractivity contribution >= 4 is 17.5 Å². The molecule has 0 aromatic heterocycles. The minimum Gasteiger partial charge on any atom is -0.491 e. The molecule has 1 N–H and O–H groups in total. The summed E-state index contributed by atoms with van der Waals surface area (Å²) in [6.45, 7) is 1.45. The van der Waals surface area contributed by atoms with Gasteiger partial charge in [0.05, 0.1) is 17.9 Å². The molecule has 6 nitrogen and oxygen atoms in total. The number of ether oxygens (including phenoxy) is 2. The third-order valence-electron chi connectivity index (χ3n) is 5.01. The zero-order chi connectivity index (χ0) is 22.8. The Kier molecular flexibility index (Phi) is 8.40. The molecule has 0 heterocycles. The topological polar surface area (TPSA) is 67.9 Å². The molecular formula is C26H28N2O4. The normalized spacial score (nSPS) is 10.4. The number of nitrogens with one attached hydrogen (secondary N) is 1. The van der Waals surface area contributed by atoms with Crippen molar-refractivity contribution in [2.45, 2.75) is 6.42 Å². The van der Waals surface area contributed by atoms with Gasteiger partial charge in [0.25, 0.3) is 11.8 Å². The number of amides is 2. The average molecular weight is 433 g/mol. The molecule has 0 fully saturated rings. The number of anilines is 1. The number of benzene rings is 3. The second kappa shape index (κ2) is 11.7. The maximum Gasteiger partial charge on any atom is 0.258 e. The summed E-state index contributed by atoms with van der Waals surface area (Å²) in [6.07, 6.45) is 0.738. The zero-order valence-corrected chi connectivity index (χ0v) is 18.4. The van der Waals surface area contributed by atoms with E-state index in [1.54, 1.807) is 56.6 Å². The summed E-state index contributed by atoms with van der Waals surface area (Å²) >= 11 is 0. The van der Waals surface area contributed by atoms with Crippen LogP contribution in [0.5, 0.6) is 5.75 Å². The van der Waals surface area contributed by atoms with Crippen molar-refractivity contribution in [3.8, 4) is 5.75 Å². The summed E-state index contributed by atoms with van der Waals surface area (Å²) in [7, 11) is 3.28. The second-order valence-electron chi connectivity index (χ2n) is 7.24. The Morgan fingerprint density at radius 3 is 2.28 bits per heavy atom. The molecule has 0 atom stereocenters. The smallest absolute Gasteiger partial charge is 0.258 e. The Morgan fingerprint density at radius 2 is 1.56 bits per heavy atom. The number of rotatable bonds is 10. The molecule has 0 aliphatic rings. The fraction of sp³-hybridized carbons (Fsp3) is 0.231. The molecule has 0 bridgehead atoms. The van der Waals surface area contributed by atoms with Crippen molar-refractivity contribution in [2.75, 3.05) is 38.8 Å². The first-order chi connectivity index (χ1) is 15.6. The predicted octanol–water partition coefficient (Wildman–Crippen LogP) is 3.96. The van der Waals surface area contributed by atoms with E-state index in [0.29, 0.717) is 42.3 Å². The van der Waals surface area contributed by atoms with Gasteiger partial charge in [-0.3, -0.25) is 9.59 Å². The molecule has 3 rings (SSSR count). The van der Waals surface area contributed by atoms with Crippen LogP contribution in [0.2, 0.25) is 0 Å². The molecule has 3 aromatic carbocycles. The van der Waals surface area contributed by atoms with Crippen LogP contribution in [0.3, 0.4) is 0 Å². The molecule has 2 amide bonds. The predicted molar refractivity (Wildman–Crippen MR) is 125 cm³/mol. The lowest BCUT2D eigenvalue weighted by molar-refractivity contribution is 0.0954. The van der Waals surface area contributed by atoms with E-state index in [-0.39, 0.29) is 11.8 Å². The highest BCUT2D eigenvalue weighted by molar-refractivity contribution is 6.10. The van der Waals surface area contributed by atoms with Gasteiger partial charge in [0.15, 0.2) is 0 Å². The van der Waals surface area contributed by atoms with Gasteiger partial charge in [-0.05, 0) is 48.4 Å². The van der Waals surface area contributed by atoms with Gasteiger partial charge in [0.1, 0.15) is 12.4 Å². The lowest BCUT2D eigenvalue weighted by atomic mass is 10.1. The monoisotopic (exact) mass is 432 g/mol. The largest absolute Gasteiger partial charge is 0.491 e. The Balaban J connectivity index is 1.65. The molecule has 0 spiro atoms. The summed E-state index contributed by atoms with van der Waals surface area (Å²) in [5.41, 5.74) is 2.67. The fourth-order valence-electron chi connectivity index (χ4n) is 3.26. The minimum absolute atomic E-state index is 0.210. The lowest BCUT2D eigenvalue weighted by Gasteiger charge is -2.20. The second-order valence-corrected chi connectivity index (χ2v) is 7.24. The van der Waals surface area contributed by atoms with E-state index in [9.17, 15) is 9.59 Å². The molecule has 0 radical (unpaired) electrons. The van der Waals surface area contributed by atoms with E-state index in [2.05, 4.69) is 5.32 Å². The molecule has 0 aliphatic heterocycles. The van der Waals surface area contributed by atoms with E-state index >= 15 is 0 Å². The molecule has 3 aromatic rings. The molecule has 0 saturated carbocycles. The van der Waals surface area contributed by atoms with Gasteiger partial charge in [0.2, 0.25) is 0 Å². The number of nitrogens with zero attached hydrogens (tertiary/aromatic N) is 1. The fourth-order valence-corrected chi connectivity index (χ4v) is 3.26. The van der Waals surface area contributed by atoms with Crippen LogP contribution >= 0.6 is 0 Å². The van der Waals surface area contributed by atoms with Crippen molar-refractivity contribution < 1.29 is 19.1 Å². The molecule has 166 valence electrons. The maximum atomic E-state index is 13.0. The number of methoxy groups -OCH3 is 1. The van der Waals surface area contributed by atoms with E-state index in [1.807, 2.05) is 36.4 Å². The van der Waals surface area contributed by atoms with Crippen LogP contribution in [0.4, 0.5) is 5.69 Å². The Hall–Kier alpha value is -3.64. The summed E-state index contributed by atoms with van der Waals surface area (Å²) in [5.74, 6) is 0.246. The first kappa shape index (κ1) is 23.0. The maximum absolute atomic E-state index is 13.0. The van der Waals surface area contributed by atoms with Crippen molar-refractivity contribution in [1.82, 2.24) is 5.32 Å². The van der Waals surface area contributed by atoms with E-state index < -0.39 is 0 Å². The number of para-hydroxylation sites is 1. The summed E-state index contributed by atoms with van der Waals surface area (Å²) in [4.78, 5) is 27.3. The van der Waals surface area contributed by atoms with Crippen LogP contribution in [0.25, 0.3) is 0 Å². The minimum atomic E-state index is -0.210. The zero-order valence-electron chi connectivity index (χ0n) is 18.4. The van der Waals surface area contributed by atoms with E-state index in [1.165, 1.54) is 4.90 Å². The van der Waals surface area contributed by atoms with Crippen molar-refractivity contribution in [3.05, 3.63) is 95.6 Å². The number of carbonyl (C=O) groups excluding carboxylic acids is 2. The van der Waals surface area contributed by atoms with Gasteiger partial charge in [-0.1, -0.05) is 42.5 Å². The summed E-state index contributed by atoms with van der Waals surface area (Å²) in [6, 6.07) is 24.0. The third-order valence-corrected chi connectivity index (χ3v) is 5.01. The van der Waals surface area contributed by atoms with Gasteiger partial charge in [-0.15, -0.1) is 0 Å². The van der Waals surface area contributed by atoms with Crippen LogP contribution in [0, 0.1) is 0 Å². The SMILES string of the molecule is COCCOc1ccc(C(=O)N(C)c2ccccc2C(=O)NCCc2ccccc2)cc1. The highest BCUT2D eigenvalue weighted by Gasteiger charge is 2.19. The lowest BCUT2D eigenvalue weighted by Crippen LogP contribution is -2.31. The van der Waals surface area contributed by atoms with Crippen molar-refractivity contribution in [3.63, 3.8) is 0 Å². The molecular weight excluding hydrogens is 404 g/mol. The quantitative estimate of drug-likeness (QED) is 0.493. The Bertz CT molecular complexity index is 1020. The first-order valence-corrected chi connectivity index (χ1v) is 10.5. The molecule has 0 unspecified atom stereocenters. The average Bonchev–Trinajstić information content (AvgIpc) is 2.84. The molecule has 6 heteroatoms. The summed E-state index contributed by atoms with van der Waals surface area (Å²) in [5, 5.41) is 2.95. The Labute approximate surface area is 188 Å². The van der Waals surface area contributed by atoms with Crippen LogP contribution in [0.15, 0.2) is 78.9 Å². The Morgan fingerprint density at radius 1 is 0.875 bits per heavy atom. The number of hydrogen-bond acceptors (Lipinski definition) is 4. The highest BCUT2D eigenvalue weighted by atomic mass is 16.5. The molecule has 32 heavy (non-hydrogen) atoms. The van der Waals surface area contributed by atoms with Crippen molar-refractivity contribution in [2.24, 2.45) is 0 Å². The van der Waals surface area contributed by atoms with Gasteiger partial charge in [0, 0.05) is 26.3 Å². The van der Waals surface area contributed by atoms with Gasteiger partial charge in [-0.25, -0.2) is 0 Å². The summed E-state index contributed by atoms with van der Waals surface area (Å²) < 4.78 is 10.5. The highest BCUT2D eigenvalue weighted by Crippen LogP contribution is 2.22. The number of hydrogen-bond donors (Lipinski definition) is 1. The van der Waals surface area contributed by atoms with E-state index in [4.69, 9.17) is 9.47 Å². The molecule has 0 aliphatic carbocycles. The third kappa shape index (κ3) is 6.18. The van der Waals surface area contributed by atoms with E-state index in [0.717, 1.165) is 12.0 Å². The van der Waals surface area contributed by atoms with Gasteiger partial charge < -0.3 is 19.7 Å². The van der Waals surface area contributed by atoms with Crippen molar-refractivity contribution in [1.29, 1.82) is 0 Å². The standard InChI is InChI=1S/C26H28N2O4/c1-28(26(30)21-12-14-22(15-13-21)32-19-18-31-2)24-11-7-6-10-23(24)25(29)27-17-16-20-8-4-3-5-9-20/h3-15H,16-19H2,1-2H3,(H,27,29). The van der Waals surface area contributed by atoms with Crippen LogP contribution in [0.1, 0.15) is 26.3 Å². The molecule has 0 saturated heterocycles. The van der Waals surface area contributed by atoms with Crippen LogP contribution < -0.4 is 15.0 Å². The van der Waals surface area contributed by atoms with Crippen LogP contribution in [-0.2, 0) is 11.2 Å². The van der Waals surface area contributed by atoms with Crippen LogP contribution in [-0.4, -0.2) is 45.7 Å². The van der Waals surface area contributed by atoms with Gasteiger partial charge in [-0.2, -0.15) is 0 Å². The first-order valence-electron chi connectivity index (χ1n) is 10.5. The number of carbonyl (C=O) groups is 2.